The second-order valence-electron chi connectivity index (χ2n) is 4.17. The predicted molar refractivity (Wildman–Crippen MR) is 62.3 cm³/mol. The van der Waals surface area contributed by atoms with E-state index in [1.54, 1.807) is 0 Å². The average Bonchev–Trinajstić information content (AvgIpc) is 2.30. The van der Waals surface area contributed by atoms with Crippen molar-refractivity contribution in [1.82, 2.24) is 5.32 Å². The lowest BCUT2D eigenvalue weighted by molar-refractivity contribution is -0.131. The van der Waals surface area contributed by atoms with Gasteiger partial charge < -0.3 is 10.1 Å². The van der Waals surface area contributed by atoms with Crippen LogP contribution in [0.4, 0.5) is 0 Å². The number of nitrogens with one attached hydrogen (secondary N) is 1. The summed E-state index contributed by atoms with van der Waals surface area (Å²) < 4.78 is 5.08. The number of rotatable bonds is 2. The van der Waals surface area contributed by atoms with Crippen LogP contribution in [0.5, 0.6) is 5.75 Å². The minimum atomic E-state index is -0.270. The molecule has 1 aliphatic heterocycles. The van der Waals surface area contributed by atoms with Crippen molar-refractivity contribution in [3.8, 4) is 5.75 Å². The lowest BCUT2D eigenvalue weighted by Gasteiger charge is -2.24. The van der Waals surface area contributed by atoms with Crippen LogP contribution in [0.15, 0.2) is 24.3 Å². The van der Waals surface area contributed by atoms with Gasteiger partial charge in [0, 0.05) is 13.0 Å². The fourth-order valence-corrected chi connectivity index (χ4v) is 2.10. The third-order valence-corrected chi connectivity index (χ3v) is 2.83. The van der Waals surface area contributed by atoms with Gasteiger partial charge in [0.2, 0.25) is 0 Å². The molecule has 1 heterocycles. The van der Waals surface area contributed by atoms with Gasteiger partial charge in [-0.2, -0.15) is 0 Å². The van der Waals surface area contributed by atoms with Gasteiger partial charge in [-0.25, -0.2) is 0 Å². The van der Waals surface area contributed by atoms with Crippen molar-refractivity contribution in [2.75, 3.05) is 6.54 Å². The van der Waals surface area contributed by atoms with Crippen molar-refractivity contribution in [3.05, 3.63) is 29.8 Å². The first-order valence-corrected chi connectivity index (χ1v) is 5.77. The highest BCUT2D eigenvalue weighted by Gasteiger charge is 2.14. The second kappa shape index (κ2) is 5.12. The third-order valence-electron chi connectivity index (χ3n) is 2.83. The van der Waals surface area contributed by atoms with Crippen LogP contribution in [0.3, 0.4) is 0 Å². The first kappa shape index (κ1) is 11.1. The highest BCUT2D eigenvalue weighted by Crippen LogP contribution is 2.25. The van der Waals surface area contributed by atoms with Gasteiger partial charge in [-0.1, -0.05) is 18.6 Å². The largest absolute Gasteiger partial charge is 0.427 e. The summed E-state index contributed by atoms with van der Waals surface area (Å²) in [6.45, 7) is 2.49. The van der Waals surface area contributed by atoms with E-state index in [0.717, 1.165) is 13.0 Å². The van der Waals surface area contributed by atoms with E-state index in [2.05, 4.69) is 11.4 Å². The standard InChI is InChI=1S/C13H17NO2/c1-10(15)16-12-6-4-5-11(9-12)13-7-2-3-8-14-13/h4-6,9,13-14H,2-3,7-8H2,1H3. The summed E-state index contributed by atoms with van der Waals surface area (Å²) in [6.07, 6.45) is 3.67. The summed E-state index contributed by atoms with van der Waals surface area (Å²) in [6, 6.07) is 8.18. The number of hydrogen-bond acceptors (Lipinski definition) is 3. The lowest BCUT2D eigenvalue weighted by Crippen LogP contribution is -2.26. The molecule has 16 heavy (non-hydrogen) atoms. The van der Waals surface area contributed by atoms with E-state index < -0.39 is 0 Å². The number of carbonyl (C=O) groups is 1. The van der Waals surface area contributed by atoms with E-state index in [1.807, 2.05) is 18.2 Å². The molecule has 1 aromatic rings. The van der Waals surface area contributed by atoms with Crippen LogP contribution in [0.1, 0.15) is 37.8 Å². The maximum absolute atomic E-state index is 10.9. The van der Waals surface area contributed by atoms with Crippen LogP contribution in [-0.2, 0) is 4.79 Å². The van der Waals surface area contributed by atoms with Crippen LogP contribution < -0.4 is 10.1 Å². The molecule has 0 radical (unpaired) electrons. The van der Waals surface area contributed by atoms with Crippen LogP contribution in [0, 0.1) is 0 Å². The third kappa shape index (κ3) is 2.83. The van der Waals surface area contributed by atoms with Gasteiger partial charge in [0.25, 0.3) is 0 Å². The molecule has 0 bridgehead atoms. The molecule has 3 nitrogen and oxygen atoms in total. The number of esters is 1. The molecule has 2 rings (SSSR count). The Labute approximate surface area is 95.8 Å². The zero-order valence-electron chi connectivity index (χ0n) is 9.53. The van der Waals surface area contributed by atoms with Crippen molar-refractivity contribution >= 4 is 5.97 Å². The fraction of sp³-hybridized carbons (Fsp3) is 0.462. The maximum Gasteiger partial charge on any atom is 0.308 e. The number of ether oxygens (including phenoxy) is 1. The number of hydrogen-bond donors (Lipinski definition) is 1. The summed E-state index contributed by atoms with van der Waals surface area (Å²) in [4.78, 5) is 10.9. The molecule has 1 atom stereocenters. The van der Waals surface area contributed by atoms with Gasteiger partial charge in [-0.05, 0) is 37.1 Å². The second-order valence-corrected chi connectivity index (χ2v) is 4.17. The Morgan fingerprint density at radius 3 is 3.00 bits per heavy atom. The van der Waals surface area contributed by atoms with Gasteiger partial charge in [-0.3, -0.25) is 4.79 Å². The summed E-state index contributed by atoms with van der Waals surface area (Å²) >= 11 is 0. The van der Waals surface area contributed by atoms with E-state index in [4.69, 9.17) is 4.74 Å². The number of piperidine rings is 1. The van der Waals surface area contributed by atoms with Crippen molar-refractivity contribution in [2.45, 2.75) is 32.2 Å². The first-order valence-electron chi connectivity index (χ1n) is 5.77. The van der Waals surface area contributed by atoms with Gasteiger partial charge in [-0.15, -0.1) is 0 Å². The van der Waals surface area contributed by atoms with Crippen molar-refractivity contribution in [3.63, 3.8) is 0 Å². The van der Waals surface area contributed by atoms with E-state index in [1.165, 1.54) is 25.3 Å². The normalized spacial score (nSPS) is 20.4. The Hall–Kier alpha value is -1.35. The molecule has 0 saturated carbocycles. The minimum Gasteiger partial charge on any atom is -0.427 e. The van der Waals surface area contributed by atoms with E-state index in [-0.39, 0.29) is 5.97 Å². The predicted octanol–water partition coefficient (Wildman–Crippen LogP) is 2.43. The lowest BCUT2D eigenvalue weighted by atomic mass is 9.97. The summed E-state index contributed by atoms with van der Waals surface area (Å²) in [5.41, 5.74) is 1.21. The van der Waals surface area contributed by atoms with Gasteiger partial charge >= 0.3 is 5.97 Å². The molecule has 1 aliphatic rings. The number of carbonyl (C=O) groups excluding carboxylic acids is 1. The summed E-state index contributed by atoms with van der Waals surface area (Å²) in [7, 11) is 0. The van der Waals surface area contributed by atoms with E-state index in [9.17, 15) is 4.79 Å². The molecular weight excluding hydrogens is 202 g/mol. The number of benzene rings is 1. The smallest absolute Gasteiger partial charge is 0.308 e. The van der Waals surface area contributed by atoms with Crippen molar-refractivity contribution < 1.29 is 9.53 Å². The molecule has 0 aromatic heterocycles. The molecule has 0 aliphatic carbocycles. The summed E-state index contributed by atoms with van der Waals surface area (Å²) in [5.74, 6) is 0.367. The molecule has 3 heteroatoms. The van der Waals surface area contributed by atoms with Crippen molar-refractivity contribution in [2.24, 2.45) is 0 Å². The van der Waals surface area contributed by atoms with E-state index >= 15 is 0 Å². The first-order chi connectivity index (χ1) is 7.75. The Morgan fingerprint density at radius 1 is 1.44 bits per heavy atom. The zero-order chi connectivity index (χ0) is 11.4. The zero-order valence-corrected chi connectivity index (χ0v) is 9.53. The Morgan fingerprint density at radius 2 is 2.31 bits per heavy atom. The SMILES string of the molecule is CC(=O)Oc1cccc(C2CCCCN2)c1. The highest BCUT2D eigenvalue weighted by atomic mass is 16.5. The topological polar surface area (TPSA) is 38.3 Å². The molecule has 1 aromatic carbocycles. The maximum atomic E-state index is 10.9. The molecule has 1 saturated heterocycles. The van der Waals surface area contributed by atoms with Gasteiger partial charge in [0.15, 0.2) is 0 Å². The monoisotopic (exact) mass is 219 g/mol. The summed E-state index contributed by atoms with van der Waals surface area (Å²) in [5, 5.41) is 3.48. The molecule has 0 spiro atoms. The van der Waals surface area contributed by atoms with Gasteiger partial charge in [0.1, 0.15) is 5.75 Å². The molecule has 86 valence electrons. The van der Waals surface area contributed by atoms with Crippen LogP contribution in [0.2, 0.25) is 0 Å². The van der Waals surface area contributed by atoms with E-state index in [0.29, 0.717) is 11.8 Å². The quantitative estimate of drug-likeness (QED) is 0.613. The Bertz CT molecular complexity index is 370. The van der Waals surface area contributed by atoms with Gasteiger partial charge in [0.05, 0.1) is 0 Å². The van der Waals surface area contributed by atoms with Crippen molar-refractivity contribution in [1.29, 1.82) is 0 Å². The molecule has 1 unspecified atom stereocenters. The van der Waals surface area contributed by atoms with Crippen LogP contribution in [-0.4, -0.2) is 12.5 Å². The molecule has 1 fully saturated rings. The molecule has 0 amide bonds. The Balaban J connectivity index is 2.11. The fourth-order valence-electron chi connectivity index (χ4n) is 2.10. The highest BCUT2D eigenvalue weighted by molar-refractivity contribution is 5.69. The molecule has 1 N–H and O–H groups in total. The van der Waals surface area contributed by atoms with Crippen LogP contribution in [0.25, 0.3) is 0 Å². The van der Waals surface area contributed by atoms with Crippen LogP contribution >= 0.6 is 0 Å². The molecular formula is C13H17NO2. The minimum absolute atomic E-state index is 0.270. The Kier molecular flexibility index (Phi) is 3.57. The average molecular weight is 219 g/mol.